The van der Waals surface area contributed by atoms with E-state index in [1.807, 2.05) is 0 Å². The summed E-state index contributed by atoms with van der Waals surface area (Å²) in [5.41, 5.74) is 0. The molecule has 0 spiro atoms. The van der Waals surface area contributed by atoms with Gasteiger partial charge in [0.1, 0.15) is 0 Å². The molecule has 1 aliphatic rings. The van der Waals surface area contributed by atoms with E-state index in [-0.39, 0.29) is 5.48 Å². The third kappa shape index (κ3) is 15.8. The molecule has 1 aliphatic heterocycles. The average molecular weight is 234 g/mol. The minimum Gasteiger partial charge on any atom is -0.481 e. The van der Waals surface area contributed by atoms with Crippen molar-refractivity contribution in [2.75, 3.05) is 13.2 Å². The molecule has 16 heavy (non-hydrogen) atoms. The molecule has 0 bridgehead atoms. The lowest BCUT2D eigenvalue weighted by atomic mass is 10.1. The highest BCUT2D eigenvalue weighted by atomic mass is 16.5. The second-order valence-electron chi connectivity index (χ2n) is 3.88. The van der Waals surface area contributed by atoms with E-state index < -0.39 is 5.97 Å². The monoisotopic (exact) mass is 234 g/mol. The molecule has 1 rings (SSSR count). The molecule has 0 unspecified atom stereocenters. The summed E-state index contributed by atoms with van der Waals surface area (Å²) in [6.45, 7) is 4.15. The van der Waals surface area contributed by atoms with Gasteiger partial charge in [-0.3, -0.25) is 4.79 Å². The third-order valence-electron chi connectivity index (χ3n) is 2.32. The summed E-state index contributed by atoms with van der Waals surface area (Å²) >= 11 is 0. The van der Waals surface area contributed by atoms with Crippen molar-refractivity contribution in [2.45, 2.75) is 58.3 Å². The first-order valence-electron chi connectivity index (χ1n) is 6.07. The number of unbranched alkanes of at least 4 members (excludes halogenated alkanes) is 4. The molecule has 98 valence electrons. The predicted molar refractivity (Wildman–Crippen MR) is 64.7 cm³/mol. The number of carbonyl (C=O) groups is 1. The molecule has 0 amide bonds. The summed E-state index contributed by atoms with van der Waals surface area (Å²) in [5, 5.41) is 8.27. The van der Waals surface area contributed by atoms with E-state index in [4.69, 9.17) is 9.84 Å². The summed E-state index contributed by atoms with van der Waals surface area (Å²) in [4.78, 5) is 10.0. The molecule has 0 aromatic heterocycles. The van der Waals surface area contributed by atoms with E-state index in [9.17, 15) is 4.79 Å². The Kier molecular flexibility index (Phi) is 16.0. The van der Waals surface area contributed by atoms with Crippen molar-refractivity contribution in [1.29, 1.82) is 0 Å². The highest BCUT2D eigenvalue weighted by molar-refractivity contribution is 5.66. The van der Waals surface area contributed by atoms with Gasteiger partial charge in [-0.15, -0.1) is 0 Å². The van der Waals surface area contributed by atoms with Crippen molar-refractivity contribution in [3.63, 3.8) is 0 Å². The van der Waals surface area contributed by atoms with Crippen LogP contribution in [0.3, 0.4) is 0 Å². The Balaban J connectivity index is 0. The van der Waals surface area contributed by atoms with Crippen molar-refractivity contribution in [2.24, 2.45) is 0 Å². The van der Waals surface area contributed by atoms with Crippen LogP contribution >= 0.6 is 0 Å². The van der Waals surface area contributed by atoms with Crippen LogP contribution in [-0.2, 0) is 9.53 Å². The number of ether oxygens (including phenoxy) is 1. The molecule has 4 nitrogen and oxygen atoms in total. The third-order valence-corrected chi connectivity index (χ3v) is 2.32. The van der Waals surface area contributed by atoms with Crippen LogP contribution in [0.2, 0.25) is 0 Å². The minimum absolute atomic E-state index is 0. The molecule has 0 atom stereocenters. The van der Waals surface area contributed by atoms with E-state index in [1.54, 1.807) is 0 Å². The van der Waals surface area contributed by atoms with E-state index in [0.717, 1.165) is 26.1 Å². The largest absolute Gasteiger partial charge is 0.481 e. The Morgan fingerprint density at radius 1 is 1.12 bits per heavy atom. The molecule has 0 saturated carbocycles. The average Bonchev–Trinajstić information content (AvgIpc) is 2.75. The Bertz CT molecular complexity index is 136. The fraction of sp³-hybridized carbons (Fsp3) is 0.917. The summed E-state index contributed by atoms with van der Waals surface area (Å²) in [6.07, 6.45) is 8.44. The summed E-state index contributed by atoms with van der Waals surface area (Å²) in [5.74, 6) is -0.670. The Morgan fingerprint density at radius 2 is 1.69 bits per heavy atom. The van der Waals surface area contributed by atoms with Crippen LogP contribution in [-0.4, -0.2) is 29.8 Å². The van der Waals surface area contributed by atoms with Crippen LogP contribution in [0.4, 0.5) is 0 Å². The molecule has 0 aromatic carbocycles. The number of aliphatic carboxylic acids is 1. The predicted octanol–water partition coefficient (Wildman–Crippen LogP) is 2.40. The fourth-order valence-corrected chi connectivity index (χ4v) is 1.39. The van der Waals surface area contributed by atoms with Crippen molar-refractivity contribution in [3.05, 3.63) is 0 Å². The van der Waals surface area contributed by atoms with E-state index in [2.05, 4.69) is 6.92 Å². The topological polar surface area (TPSA) is 78.0 Å². The molecule has 1 fully saturated rings. The number of carboxylic acids is 1. The zero-order chi connectivity index (χ0) is 11.4. The van der Waals surface area contributed by atoms with Gasteiger partial charge in [0.25, 0.3) is 0 Å². The molecule has 0 radical (unpaired) electrons. The maximum Gasteiger partial charge on any atom is 0.303 e. The van der Waals surface area contributed by atoms with Gasteiger partial charge in [-0.25, -0.2) is 0 Å². The smallest absolute Gasteiger partial charge is 0.303 e. The van der Waals surface area contributed by atoms with E-state index in [1.165, 1.54) is 32.1 Å². The fourth-order valence-electron chi connectivity index (χ4n) is 1.39. The SMILES string of the molecule is C1CCOC1.CCCCCCCC(=O)O.O. The van der Waals surface area contributed by atoms with Gasteiger partial charge in [-0.2, -0.15) is 0 Å². The van der Waals surface area contributed by atoms with Crippen LogP contribution in [0, 0.1) is 0 Å². The minimum atomic E-state index is -0.670. The normalized spacial score (nSPS) is 13.6. The summed E-state index contributed by atoms with van der Waals surface area (Å²) in [7, 11) is 0. The first-order valence-corrected chi connectivity index (χ1v) is 6.07. The van der Waals surface area contributed by atoms with Crippen LogP contribution in [0.15, 0.2) is 0 Å². The van der Waals surface area contributed by atoms with Gasteiger partial charge in [0, 0.05) is 19.6 Å². The van der Waals surface area contributed by atoms with Crippen molar-refractivity contribution < 1.29 is 20.1 Å². The van der Waals surface area contributed by atoms with Crippen LogP contribution in [0.1, 0.15) is 58.3 Å². The molecular weight excluding hydrogens is 208 g/mol. The number of rotatable bonds is 6. The highest BCUT2D eigenvalue weighted by Gasteiger charge is 1.95. The lowest BCUT2D eigenvalue weighted by molar-refractivity contribution is -0.137. The Hall–Kier alpha value is -0.610. The van der Waals surface area contributed by atoms with Gasteiger partial charge in [0.2, 0.25) is 0 Å². The zero-order valence-electron chi connectivity index (χ0n) is 10.3. The van der Waals surface area contributed by atoms with Crippen molar-refractivity contribution in [1.82, 2.24) is 0 Å². The summed E-state index contributed by atoms with van der Waals surface area (Å²) < 4.78 is 4.94. The first-order chi connectivity index (χ1) is 7.27. The van der Waals surface area contributed by atoms with Gasteiger partial charge < -0.3 is 15.3 Å². The number of carboxylic acid groups (broad SMARTS) is 1. The van der Waals surface area contributed by atoms with Crippen LogP contribution in [0.25, 0.3) is 0 Å². The van der Waals surface area contributed by atoms with Gasteiger partial charge in [-0.1, -0.05) is 32.6 Å². The van der Waals surface area contributed by atoms with Crippen LogP contribution in [0.5, 0.6) is 0 Å². The maximum absolute atomic E-state index is 10.0. The highest BCUT2D eigenvalue weighted by Crippen LogP contribution is 2.04. The van der Waals surface area contributed by atoms with E-state index >= 15 is 0 Å². The lowest BCUT2D eigenvalue weighted by Crippen LogP contribution is -1.93. The van der Waals surface area contributed by atoms with Crippen LogP contribution < -0.4 is 0 Å². The molecule has 4 heteroatoms. The van der Waals surface area contributed by atoms with Gasteiger partial charge in [0.15, 0.2) is 0 Å². The molecule has 0 aromatic rings. The maximum atomic E-state index is 10.0. The second-order valence-corrected chi connectivity index (χ2v) is 3.88. The summed E-state index contributed by atoms with van der Waals surface area (Å²) in [6, 6.07) is 0. The van der Waals surface area contributed by atoms with E-state index in [0.29, 0.717) is 6.42 Å². The van der Waals surface area contributed by atoms with Gasteiger partial charge in [-0.05, 0) is 19.3 Å². The first kappa shape index (κ1) is 17.8. The molecule has 1 saturated heterocycles. The molecule has 3 N–H and O–H groups in total. The van der Waals surface area contributed by atoms with Gasteiger partial charge in [0.05, 0.1) is 0 Å². The van der Waals surface area contributed by atoms with Gasteiger partial charge >= 0.3 is 5.97 Å². The second kappa shape index (κ2) is 14.4. The molecule has 0 aliphatic carbocycles. The standard InChI is InChI=1S/C8H16O2.C4H8O.H2O/c1-2-3-4-5-6-7-8(9)10;1-2-4-5-3-1;/h2-7H2,1H3,(H,9,10);1-4H2;1H2. The number of hydrogen-bond acceptors (Lipinski definition) is 2. The van der Waals surface area contributed by atoms with Crippen molar-refractivity contribution >= 4 is 5.97 Å². The molecular formula is C12H26O4. The van der Waals surface area contributed by atoms with Crippen molar-refractivity contribution in [3.8, 4) is 0 Å². The Morgan fingerprint density at radius 3 is 2.06 bits per heavy atom. The lowest BCUT2D eigenvalue weighted by Gasteiger charge is -1.95. The Labute approximate surface area is 98.3 Å². The quantitative estimate of drug-likeness (QED) is 0.717. The molecule has 1 heterocycles. The number of hydrogen-bond donors (Lipinski definition) is 1. The zero-order valence-corrected chi connectivity index (χ0v) is 10.3.